The van der Waals surface area contributed by atoms with Crippen molar-refractivity contribution in [2.45, 2.75) is 27.2 Å². The zero-order chi connectivity index (χ0) is 19.2. The number of anilines is 1. The largest absolute Gasteiger partial charge is 0.490 e. The van der Waals surface area contributed by atoms with Crippen LogP contribution in [0.2, 0.25) is 0 Å². The molecule has 0 unspecified atom stereocenters. The summed E-state index contributed by atoms with van der Waals surface area (Å²) in [6.07, 6.45) is 2.76. The predicted octanol–water partition coefficient (Wildman–Crippen LogP) is 4.68. The van der Waals surface area contributed by atoms with Crippen LogP contribution in [0.3, 0.4) is 0 Å². The Morgan fingerprint density at radius 1 is 1.04 bits per heavy atom. The number of benzene rings is 2. The van der Waals surface area contributed by atoms with Gasteiger partial charge in [0.05, 0.1) is 30.2 Å². The van der Waals surface area contributed by atoms with E-state index in [1.54, 1.807) is 0 Å². The van der Waals surface area contributed by atoms with Crippen molar-refractivity contribution in [2.75, 3.05) is 18.2 Å². The van der Waals surface area contributed by atoms with E-state index < -0.39 is 0 Å². The molecule has 27 heavy (non-hydrogen) atoms. The molecule has 5 heteroatoms. The molecule has 0 atom stereocenters. The molecule has 0 aliphatic carbocycles. The normalized spacial score (nSPS) is 15.2. The fourth-order valence-corrected chi connectivity index (χ4v) is 2.81. The van der Waals surface area contributed by atoms with Crippen LogP contribution in [-0.2, 0) is 4.79 Å². The molecule has 140 valence electrons. The Hall–Kier alpha value is -3.08. The number of hydrogen-bond acceptors (Lipinski definition) is 4. The number of hydrazone groups is 1. The molecule has 5 nitrogen and oxygen atoms in total. The SMILES string of the molecule is CCCOc1cc(/C=C2/C(=O)N(c3ccccc3)N=C2C)ccc1OCC. The maximum atomic E-state index is 12.8. The van der Waals surface area contributed by atoms with Crippen LogP contribution >= 0.6 is 0 Å². The van der Waals surface area contributed by atoms with Gasteiger partial charge >= 0.3 is 0 Å². The first kappa shape index (κ1) is 18.7. The number of hydrogen-bond donors (Lipinski definition) is 0. The van der Waals surface area contributed by atoms with Gasteiger partial charge in [0.25, 0.3) is 5.91 Å². The van der Waals surface area contributed by atoms with E-state index in [0.29, 0.717) is 36.0 Å². The third-order valence-corrected chi connectivity index (χ3v) is 4.10. The lowest BCUT2D eigenvalue weighted by molar-refractivity contribution is -0.114. The number of nitrogens with zero attached hydrogens (tertiary/aromatic N) is 2. The van der Waals surface area contributed by atoms with Crippen molar-refractivity contribution in [3.05, 3.63) is 59.7 Å². The third kappa shape index (κ3) is 4.19. The van der Waals surface area contributed by atoms with E-state index in [-0.39, 0.29) is 5.91 Å². The lowest BCUT2D eigenvalue weighted by atomic mass is 10.1. The van der Waals surface area contributed by atoms with Crippen molar-refractivity contribution < 1.29 is 14.3 Å². The molecule has 1 aliphatic rings. The highest BCUT2D eigenvalue weighted by molar-refractivity contribution is 6.32. The Morgan fingerprint density at radius 3 is 2.52 bits per heavy atom. The summed E-state index contributed by atoms with van der Waals surface area (Å²) in [5.74, 6) is 1.26. The highest BCUT2D eigenvalue weighted by Gasteiger charge is 2.28. The zero-order valence-electron chi connectivity index (χ0n) is 15.9. The summed E-state index contributed by atoms with van der Waals surface area (Å²) < 4.78 is 11.4. The van der Waals surface area contributed by atoms with Gasteiger partial charge in [0.2, 0.25) is 0 Å². The molecule has 0 spiro atoms. The van der Waals surface area contributed by atoms with Crippen molar-refractivity contribution in [1.29, 1.82) is 0 Å². The minimum atomic E-state index is -0.136. The maximum Gasteiger partial charge on any atom is 0.280 e. The van der Waals surface area contributed by atoms with Gasteiger partial charge in [-0.25, -0.2) is 0 Å². The van der Waals surface area contributed by atoms with Crippen LogP contribution in [-0.4, -0.2) is 24.8 Å². The van der Waals surface area contributed by atoms with Gasteiger partial charge in [-0.3, -0.25) is 4.79 Å². The zero-order valence-corrected chi connectivity index (χ0v) is 15.9. The van der Waals surface area contributed by atoms with Crippen LogP contribution in [0.15, 0.2) is 59.2 Å². The second kappa shape index (κ2) is 8.54. The second-order valence-electron chi connectivity index (χ2n) is 6.18. The minimum Gasteiger partial charge on any atom is -0.490 e. The molecule has 1 amide bonds. The fourth-order valence-electron chi connectivity index (χ4n) is 2.81. The predicted molar refractivity (Wildman–Crippen MR) is 108 cm³/mol. The molecule has 2 aromatic carbocycles. The van der Waals surface area contributed by atoms with Crippen molar-refractivity contribution in [3.63, 3.8) is 0 Å². The average Bonchev–Trinajstić information content (AvgIpc) is 2.97. The van der Waals surface area contributed by atoms with Gasteiger partial charge in [0.1, 0.15) is 0 Å². The molecule has 3 rings (SSSR count). The number of amides is 1. The molecular weight excluding hydrogens is 340 g/mol. The van der Waals surface area contributed by atoms with E-state index in [2.05, 4.69) is 12.0 Å². The summed E-state index contributed by atoms with van der Waals surface area (Å²) in [6.45, 7) is 7.02. The van der Waals surface area contributed by atoms with Crippen molar-refractivity contribution in [1.82, 2.24) is 0 Å². The molecule has 0 saturated heterocycles. The van der Waals surface area contributed by atoms with Crippen LogP contribution in [0.1, 0.15) is 32.8 Å². The van der Waals surface area contributed by atoms with Gasteiger partial charge < -0.3 is 9.47 Å². The van der Waals surface area contributed by atoms with Crippen LogP contribution in [0.4, 0.5) is 5.69 Å². The van der Waals surface area contributed by atoms with E-state index in [9.17, 15) is 4.79 Å². The maximum absolute atomic E-state index is 12.8. The number of ether oxygens (including phenoxy) is 2. The summed E-state index contributed by atoms with van der Waals surface area (Å²) in [6, 6.07) is 15.1. The van der Waals surface area contributed by atoms with E-state index in [4.69, 9.17) is 9.47 Å². The molecule has 0 bridgehead atoms. The van der Waals surface area contributed by atoms with Crippen molar-refractivity contribution in [3.8, 4) is 11.5 Å². The Balaban J connectivity index is 1.90. The van der Waals surface area contributed by atoms with E-state index in [0.717, 1.165) is 17.7 Å². The molecule has 0 radical (unpaired) electrons. The molecule has 2 aromatic rings. The average molecular weight is 364 g/mol. The first-order chi connectivity index (χ1) is 13.1. The monoisotopic (exact) mass is 364 g/mol. The van der Waals surface area contributed by atoms with E-state index >= 15 is 0 Å². The molecular formula is C22H24N2O3. The minimum absolute atomic E-state index is 0.136. The smallest absolute Gasteiger partial charge is 0.280 e. The molecule has 0 saturated carbocycles. The highest BCUT2D eigenvalue weighted by Crippen LogP contribution is 2.31. The molecule has 1 heterocycles. The van der Waals surface area contributed by atoms with Gasteiger partial charge in [0, 0.05) is 0 Å². The molecule has 0 aromatic heterocycles. The molecule has 0 fully saturated rings. The van der Waals surface area contributed by atoms with Crippen LogP contribution in [0, 0.1) is 0 Å². The standard InChI is InChI=1S/C22H24N2O3/c1-4-13-27-21-15-17(11-12-20(21)26-5-2)14-19-16(3)23-24(22(19)25)18-9-7-6-8-10-18/h6-12,14-15H,4-5,13H2,1-3H3/b19-14+. The Labute approximate surface area is 159 Å². The molecule has 1 aliphatic heterocycles. The Bertz CT molecular complexity index is 872. The van der Waals surface area contributed by atoms with Crippen molar-refractivity contribution >= 4 is 23.4 Å². The number of rotatable bonds is 7. The van der Waals surface area contributed by atoms with Gasteiger partial charge in [-0.2, -0.15) is 10.1 Å². The number of carbonyl (C=O) groups is 1. The van der Waals surface area contributed by atoms with Gasteiger partial charge in [-0.1, -0.05) is 31.2 Å². The number of para-hydroxylation sites is 1. The summed E-state index contributed by atoms with van der Waals surface area (Å²) in [4.78, 5) is 12.8. The second-order valence-corrected chi connectivity index (χ2v) is 6.18. The van der Waals surface area contributed by atoms with Crippen LogP contribution in [0.5, 0.6) is 11.5 Å². The summed E-state index contributed by atoms with van der Waals surface area (Å²) in [5, 5.41) is 5.85. The van der Waals surface area contributed by atoms with Crippen molar-refractivity contribution in [2.24, 2.45) is 5.10 Å². The summed E-state index contributed by atoms with van der Waals surface area (Å²) in [7, 11) is 0. The lowest BCUT2D eigenvalue weighted by Crippen LogP contribution is -2.21. The molecule has 0 N–H and O–H groups in total. The van der Waals surface area contributed by atoms with E-state index in [1.165, 1.54) is 5.01 Å². The first-order valence-corrected chi connectivity index (χ1v) is 9.20. The number of carbonyl (C=O) groups excluding carboxylic acids is 1. The van der Waals surface area contributed by atoms with Crippen LogP contribution in [0.25, 0.3) is 6.08 Å². The van der Waals surface area contributed by atoms with Gasteiger partial charge in [-0.05, 0) is 56.2 Å². The quantitative estimate of drug-likeness (QED) is 0.670. The van der Waals surface area contributed by atoms with Gasteiger partial charge in [0.15, 0.2) is 11.5 Å². The summed E-state index contributed by atoms with van der Waals surface area (Å²) in [5.41, 5.74) is 2.89. The lowest BCUT2D eigenvalue weighted by Gasteiger charge is -2.13. The van der Waals surface area contributed by atoms with Gasteiger partial charge in [-0.15, -0.1) is 0 Å². The first-order valence-electron chi connectivity index (χ1n) is 9.20. The Morgan fingerprint density at radius 2 is 1.81 bits per heavy atom. The third-order valence-electron chi connectivity index (χ3n) is 4.10. The summed E-state index contributed by atoms with van der Waals surface area (Å²) >= 11 is 0. The Kier molecular flexibility index (Phi) is 5.91. The van der Waals surface area contributed by atoms with Crippen LogP contribution < -0.4 is 14.5 Å². The highest BCUT2D eigenvalue weighted by atomic mass is 16.5. The fraction of sp³-hybridized carbons (Fsp3) is 0.273. The van der Waals surface area contributed by atoms with E-state index in [1.807, 2.05) is 68.5 Å². The topological polar surface area (TPSA) is 51.1 Å².